The molecule has 0 aliphatic carbocycles. The highest BCUT2D eigenvalue weighted by Crippen LogP contribution is 2.15. The van der Waals surface area contributed by atoms with Gasteiger partial charge in [-0.1, -0.05) is 6.07 Å². The van der Waals surface area contributed by atoms with Crippen LogP contribution in [0, 0.1) is 0 Å². The van der Waals surface area contributed by atoms with Crippen molar-refractivity contribution in [3.05, 3.63) is 41.9 Å². The van der Waals surface area contributed by atoms with Crippen LogP contribution in [0.5, 0.6) is 0 Å². The summed E-state index contributed by atoms with van der Waals surface area (Å²) in [6, 6.07) is 5.89. The summed E-state index contributed by atoms with van der Waals surface area (Å²) in [6.07, 6.45) is 2.92. The van der Waals surface area contributed by atoms with E-state index in [0.29, 0.717) is 12.4 Å². The second-order valence-corrected chi connectivity index (χ2v) is 6.25. The van der Waals surface area contributed by atoms with Gasteiger partial charge < -0.3 is 10.1 Å². The highest BCUT2D eigenvalue weighted by molar-refractivity contribution is 5.84. The average molecular weight is 317 g/mol. The van der Waals surface area contributed by atoms with E-state index in [0.717, 1.165) is 11.3 Å². The molecule has 0 aromatic carbocycles. The number of carbonyl (C=O) groups excluding carboxylic acids is 1. The molecule has 1 amide bonds. The van der Waals surface area contributed by atoms with Gasteiger partial charge in [-0.3, -0.25) is 15.4 Å². The van der Waals surface area contributed by atoms with Gasteiger partial charge in [0.15, 0.2) is 0 Å². The van der Waals surface area contributed by atoms with Crippen molar-refractivity contribution in [1.82, 2.24) is 20.5 Å². The number of ether oxygens (including phenoxy) is 1. The molecule has 0 radical (unpaired) electrons. The summed E-state index contributed by atoms with van der Waals surface area (Å²) in [7, 11) is 0. The van der Waals surface area contributed by atoms with E-state index in [4.69, 9.17) is 4.74 Å². The lowest BCUT2D eigenvalue weighted by molar-refractivity contribution is 0.0635. The van der Waals surface area contributed by atoms with Gasteiger partial charge in [-0.2, -0.15) is 5.10 Å². The van der Waals surface area contributed by atoms with E-state index >= 15 is 0 Å². The van der Waals surface area contributed by atoms with Gasteiger partial charge in [0.05, 0.1) is 11.9 Å². The Bertz CT molecular complexity index is 633. The maximum Gasteiger partial charge on any atom is 0.413 e. The van der Waals surface area contributed by atoms with Gasteiger partial charge in [0.2, 0.25) is 0 Å². The number of anilines is 1. The molecule has 2 aromatic heterocycles. The zero-order valence-corrected chi connectivity index (χ0v) is 13.9. The minimum atomic E-state index is -0.546. The lowest BCUT2D eigenvalue weighted by Crippen LogP contribution is -2.28. The van der Waals surface area contributed by atoms with Crippen molar-refractivity contribution in [3.8, 4) is 0 Å². The summed E-state index contributed by atoms with van der Waals surface area (Å²) in [5, 5.41) is 12.8. The van der Waals surface area contributed by atoms with E-state index in [1.165, 1.54) is 0 Å². The first-order valence-corrected chi connectivity index (χ1v) is 7.52. The van der Waals surface area contributed by atoms with Crippen LogP contribution in [0.15, 0.2) is 30.6 Å². The highest BCUT2D eigenvalue weighted by Gasteiger charge is 2.18. The van der Waals surface area contributed by atoms with Gasteiger partial charge in [0.1, 0.15) is 11.4 Å². The number of carbonyl (C=O) groups is 1. The van der Waals surface area contributed by atoms with Crippen molar-refractivity contribution < 1.29 is 9.53 Å². The number of rotatable bonds is 5. The van der Waals surface area contributed by atoms with Crippen molar-refractivity contribution in [2.24, 2.45) is 0 Å². The quantitative estimate of drug-likeness (QED) is 0.788. The number of hydrogen-bond donors (Lipinski definition) is 3. The summed E-state index contributed by atoms with van der Waals surface area (Å²) in [4.78, 5) is 16.1. The third kappa shape index (κ3) is 5.37. The summed E-state index contributed by atoms with van der Waals surface area (Å²) in [5.41, 5.74) is 1.26. The predicted molar refractivity (Wildman–Crippen MR) is 87.9 cm³/mol. The number of hydrogen-bond acceptors (Lipinski definition) is 5. The molecular formula is C16H23N5O2. The zero-order valence-electron chi connectivity index (χ0n) is 13.9. The second kappa shape index (κ2) is 7.23. The van der Waals surface area contributed by atoms with Crippen LogP contribution < -0.4 is 10.6 Å². The Hall–Kier alpha value is -2.41. The van der Waals surface area contributed by atoms with Crippen LogP contribution in [0.3, 0.4) is 0 Å². The Morgan fingerprint density at radius 3 is 2.83 bits per heavy atom. The summed E-state index contributed by atoms with van der Waals surface area (Å²) < 4.78 is 5.23. The first-order valence-electron chi connectivity index (χ1n) is 7.52. The van der Waals surface area contributed by atoms with Crippen LogP contribution >= 0.6 is 0 Å². The Labute approximate surface area is 135 Å². The van der Waals surface area contributed by atoms with Crippen LogP contribution in [0.1, 0.15) is 45.0 Å². The molecule has 0 aliphatic rings. The van der Waals surface area contributed by atoms with Gasteiger partial charge in [-0.25, -0.2) is 4.79 Å². The number of pyridine rings is 1. The monoisotopic (exact) mass is 317 g/mol. The van der Waals surface area contributed by atoms with Crippen LogP contribution in [0.25, 0.3) is 0 Å². The number of H-pyrrole nitrogens is 1. The summed E-state index contributed by atoms with van der Waals surface area (Å²) >= 11 is 0. The normalized spacial score (nSPS) is 12.7. The summed E-state index contributed by atoms with van der Waals surface area (Å²) in [5.74, 6) is 0.528. The van der Waals surface area contributed by atoms with E-state index in [1.54, 1.807) is 12.4 Å². The average Bonchev–Trinajstić information content (AvgIpc) is 2.90. The van der Waals surface area contributed by atoms with Crippen LogP contribution in [-0.2, 0) is 11.3 Å². The largest absolute Gasteiger partial charge is 0.444 e. The molecule has 0 aliphatic heterocycles. The van der Waals surface area contributed by atoms with Crippen molar-refractivity contribution >= 4 is 11.9 Å². The Morgan fingerprint density at radius 1 is 1.39 bits per heavy atom. The predicted octanol–water partition coefficient (Wildman–Crippen LogP) is 3.00. The number of amides is 1. The number of nitrogens with zero attached hydrogens (tertiary/aromatic N) is 2. The minimum Gasteiger partial charge on any atom is -0.444 e. The fraction of sp³-hybridized carbons (Fsp3) is 0.438. The fourth-order valence-corrected chi connectivity index (χ4v) is 1.96. The molecule has 7 heteroatoms. The smallest absolute Gasteiger partial charge is 0.413 e. The molecule has 2 aromatic rings. The molecule has 0 saturated carbocycles. The van der Waals surface area contributed by atoms with E-state index in [9.17, 15) is 4.79 Å². The van der Waals surface area contributed by atoms with Gasteiger partial charge >= 0.3 is 6.09 Å². The van der Waals surface area contributed by atoms with Gasteiger partial charge in [0, 0.05) is 24.3 Å². The first kappa shape index (κ1) is 17.0. The third-order valence-electron chi connectivity index (χ3n) is 3.07. The molecule has 2 heterocycles. The van der Waals surface area contributed by atoms with E-state index < -0.39 is 11.7 Å². The maximum atomic E-state index is 11.8. The molecule has 3 N–H and O–H groups in total. The van der Waals surface area contributed by atoms with Gasteiger partial charge in [-0.05, 0) is 39.8 Å². The van der Waals surface area contributed by atoms with Crippen LogP contribution in [0.2, 0.25) is 0 Å². The highest BCUT2D eigenvalue weighted by atomic mass is 16.6. The minimum absolute atomic E-state index is 0.0838. The van der Waals surface area contributed by atoms with Crippen molar-refractivity contribution in [2.75, 3.05) is 5.32 Å². The van der Waals surface area contributed by atoms with Gasteiger partial charge in [-0.15, -0.1) is 0 Å². The fourth-order valence-electron chi connectivity index (χ4n) is 1.96. The molecule has 2 rings (SSSR count). The molecule has 0 spiro atoms. The van der Waals surface area contributed by atoms with Gasteiger partial charge in [0.25, 0.3) is 0 Å². The molecular weight excluding hydrogens is 294 g/mol. The van der Waals surface area contributed by atoms with Crippen molar-refractivity contribution in [2.45, 2.75) is 45.9 Å². The lowest BCUT2D eigenvalue weighted by Gasteiger charge is -2.19. The van der Waals surface area contributed by atoms with Crippen molar-refractivity contribution in [3.63, 3.8) is 0 Å². The van der Waals surface area contributed by atoms with E-state index in [2.05, 4.69) is 25.8 Å². The molecule has 0 fully saturated rings. The standard InChI is InChI=1S/C16H23N5O2/c1-11(13-7-5-6-8-17-13)18-9-12-10-19-21-14(12)20-15(22)23-16(2,3)4/h5-8,10-11,18H,9H2,1-4H3,(H2,19,20,21,22). The lowest BCUT2D eigenvalue weighted by atomic mass is 10.2. The molecule has 7 nitrogen and oxygen atoms in total. The molecule has 1 unspecified atom stereocenters. The van der Waals surface area contributed by atoms with Crippen LogP contribution in [0.4, 0.5) is 10.6 Å². The number of aromatic nitrogens is 3. The summed E-state index contributed by atoms with van der Waals surface area (Å²) in [6.45, 7) is 8.02. The topological polar surface area (TPSA) is 91.9 Å². The number of nitrogens with one attached hydrogen (secondary N) is 3. The molecule has 1 atom stereocenters. The molecule has 0 saturated heterocycles. The SMILES string of the molecule is CC(NCc1cn[nH]c1NC(=O)OC(C)(C)C)c1ccccn1. The maximum absolute atomic E-state index is 11.8. The second-order valence-electron chi connectivity index (χ2n) is 6.25. The molecule has 0 bridgehead atoms. The van der Waals surface area contributed by atoms with E-state index in [1.807, 2.05) is 45.9 Å². The Balaban J connectivity index is 1.92. The Morgan fingerprint density at radius 2 is 2.17 bits per heavy atom. The van der Waals surface area contributed by atoms with Crippen LogP contribution in [-0.4, -0.2) is 26.9 Å². The Kier molecular flexibility index (Phi) is 5.33. The zero-order chi connectivity index (χ0) is 16.9. The molecule has 124 valence electrons. The first-order chi connectivity index (χ1) is 10.8. The van der Waals surface area contributed by atoms with Crippen molar-refractivity contribution in [1.29, 1.82) is 0 Å². The third-order valence-corrected chi connectivity index (χ3v) is 3.07. The van der Waals surface area contributed by atoms with E-state index in [-0.39, 0.29) is 6.04 Å². The molecule has 23 heavy (non-hydrogen) atoms. The number of aromatic amines is 1.